The first-order valence-electron chi connectivity index (χ1n) is 5.36. The van der Waals surface area contributed by atoms with Crippen LogP contribution >= 0.6 is 11.3 Å². The molecule has 2 aromatic heterocycles. The first kappa shape index (κ1) is 10.5. The lowest BCUT2D eigenvalue weighted by molar-refractivity contribution is 0.628. The molecular weight excluding hydrogens is 235 g/mol. The Hall–Kier alpha value is -1.68. The van der Waals surface area contributed by atoms with Crippen LogP contribution in [0.25, 0.3) is 15.4 Å². The number of hydrogen-bond acceptors (Lipinski definition) is 2. The van der Waals surface area contributed by atoms with E-state index in [1.807, 2.05) is 13.1 Å². The highest BCUT2D eigenvalue weighted by Gasteiger charge is 2.11. The summed E-state index contributed by atoms with van der Waals surface area (Å²) in [6.45, 7) is 4.04. The summed E-state index contributed by atoms with van der Waals surface area (Å²) in [7, 11) is 0. The Morgan fingerprint density at radius 3 is 2.53 bits per heavy atom. The number of aromatic nitrogens is 2. The molecule has 0 bridgehead atoms. The molecule has 0 radical (unpaired) electrons. The summed E-state index contributed by atoms with van der Waals surface area (Å²) in [5, 5.41) is 0. The molecular formula is C13H11FN2S. The van der Waals surface area contributed by atoms with Crippen molar-refractivity contribution in [2.24, 2.45) is 0 Å². The van der Waals surface area contributed by atoms with Crippen LogP contribution in [0.1, 0.15) is 11.4 Å². The van der Waals surface area contributed by atoms with Gasteiger partial charge in [-0.05, 0) is 31.5 Å². The Morgan fingerprint density at radius 1 is 1.18 bits per heavy atom. The van der Waals surface area contributed by atoms with Gasteiger partial charge in [-0.2, -0.15) is 0 Å². The van der Waals surface area contributed by atoms with Crippen molar-refractivity contribution in [1.29, 1.82) is 0 Å². The molecule has 3 rings (SSSR count). The Bertz CT molecular complexity index is 679. The molecule has 4 heteroatoms. The number of rotatable bonds is 1. The molecule has 2 heterocycles. The molecule has 1 aromatic carbocycles. The SMILES string of the molecule is Cc1cn2c(C)c(-c3ccc(F)cc3)sc2n1. The molecule has 0 atom stereocenters. The minimum Gasteiger partial charge on any atom is -0.294 e. The topological polar surface area (TPSA) is 17.3 Å². The number of hydrogen-bond donors (Lipinski definition) is 0. The third-order valence-corrected chi connectivity index (χ3v) is 3.99. The van der Waals surface area contributed by atoms with E-state index >= 15 is 0 Å². The molecule has 86 valence electrons. The van der Waals surface area contributed by atoms with Gasteiger partial charge in [0.05, 0.1) is 10.6 Å². The maximum Gasteiger partial charge on any atom is 0.194 e. The van der Waals surface area contributed by atoms with Crippen molar-refractivity contribution in [3.05, 3.63) is 47.7 Å². The van der Waals surface area contributed by atoms with Gasteiger partial charge in [0.25, 0.3) is 0 Å². The van der Waals surface area contributed by atoms with Crippen LogP contribution in [0.3, 0.4) is 0 Å². The van der Waals surface area contributed by atoms with E-state index in [4.69, 9.17) is 0 Å². The summed E-state index contributed by atoms with van der Waals surface area (Å²) in [5.41, 5.74) is 3.21. The Labute approximate surface area is 102 Å². The average Bonchev–Trinajstić information content (AvgIpc) is 2.79. The molecule has 0 N–H and O–H groups in total. The van der Waals surface area contributed by atoms with E-state index in [2.05, 4.69) is 16.3 Å². The van der Waals surface area contributed by atoms with Gasteiger partial charge in [-0.15, -0.1) is 0 Å². The predicted octanol–water partition coefficient (Wildman–Crippen LogP) is 3.82. The van der Waals surface area contributed by atoms with Crippen molar-refractivity contribution in [1.82, 2.24) is 9.38 Å². The Kier molecular flexibility index (Phi) is 2.26. The maximum absolute atomic E-state index is 12.9. The molecule has 2 nitrogen and oxygen atoms in total. The Morgan fingerprint density at radius 2 is 1.88 bits per heavy atom. The Balaban J connectivity index is 2.20. The van der Waals surface area contributed by atoms with Crippen LogP contribution in [-0.4, -0.2) is 9.38 Å². The van der Waals surface area contributed by atoms with Gasteiger partial charge in [-0.3, -0.25) is 4.40 Å². The third kappa shape index (κ3) is 1.65. The van der Waals surface area contributed by atoms with Crippen molar-refractivity contribution in [2.45, 2.75) is 13.8 Å². The summed E-state index contributed by atoms with van der Waals surface area (Å²) >= 11 is 1.63. The zero-order valence-corrected chi connectivity index (χ0v) is 10.4. The van der Waals surface area contributed by atoms with Crippen molar-refractivity contribution in [2.75, 3.05) is 0 Å². The molecule has 0 aliphatic rings. The van der Waals surface area contributed by atoms with Gasteiger partial charge in [0.15, 0.2) is 4.96 Å². The summed E-state index contributed by atoms with van der Waals surface area (Å²) in [4.78, 5) is 6.58. The van der Waals surface area contributed by atoms with E-state index in [1.54, 1.807) is 23.5 Å². The highest BCUT2D eigenvalue weighted by Crippen LogP contribution is 2.32. The lowest BCUT2D eigenvalue weighted by Crippen LogP contribution is -1.84. The van der Waals surface area contributed by atoms with Crippen LogP contribution in [-0.2, 0) is 0 Å². The number of imidazole rings is 1. The van der Waals surface area contributed by atoms with E-state index in [1.165, 1.54) is 12.1 Å². The van der Waals surface area contributed by atoms with Crippen molar-refractivity contribution in [3.8, 4) is 10.4 Å². The van der Waals surface area contributed by atoms with Crippen LogP contribution in [0, 0.1) is 19.7 Å². The normalized spacial score (nSPS) is 11.2. The molecule has 0 fully saturated rings. The van der Waals surface area contributed by atoms with Gasteiger partial charge in [0, 0.05) is 11.9 Å². The standard InChI is InChI=1S/C13H11FN2S/c1-8-7-16-9(2)12(17-13(16)15-8)10-3-5-11(14)6-4-10/h3-7H,1-2H3. The second kappa shape index (κ2) is 3.67. The van der Waals surface area contributed by atoms with Gasteiger partial charge in [-0.1, -0.05) is 23.5 Å². The minimum absolute atomic E-state index is 0.205. The summed E-state index contributed by atoms with van der Waals surface area (Å²) in [6.07, 6.45) is 2.02. The molecule has 3 aromatic rings. The van der Waals surface area contributed by atoms with E-state index < -0.39 is 0 Å². The van der Waals surface area contributed by atoms with Gasteiger partial charge in [0.1, 0.15) is 5.82 Å². The molecule has 0 amide bonds. The van der Waals surface area contributed by atoms with Crippen LogP contribution in [0.2, 0.25) is 0 Å². The van der Waals surface area contributed by atoms with Gasteiger partial charge < -0.3 is 0 Å². The van der Waals surface area contributed by atoms with E-state index in [0.29, 0.717) is 0 Å². The monoisotopic (exact) mass is 246 g/mol. The van der Waals surface area contributed by atoms with Crippen LogP contribution in [0.5, 0.6) is 0 Å². The number of nitrogens with zero attached hydrogens (tertiary/aromatic N) is 2. The smallest absolute Gasteiger partial charge is 0.194 e. The highest BCUT2D eigenvalue weighted by atomic mass is 32.1. The first-order valence-corrected chi connectivity index (χ1v) is 6.18. The van der Waals surface area contributed by atoms with E-state index in [-0.39, 0.29) is 5.82 Å². The molecule has 0 saturated heterocycles. The lowest BCUT2D eigenvalue weighted by atomic mass is 10.1. The highest BCUT2D eigenvalue weighted by molar-refractivity contribution is 7.20. The first-order chi connectivity index (χ1) is 8.15. The maximum atomic E-state index is 12.9. The summed E-state index contributed by atoms with van der Waals surface area (Å²) in [6, 6.07) is 6.59. The second-order valence-electron chi connectivity index (χ2n) is 4.06. The molecule has 0 aliphatic carbocycles. The number of fused-ring (bicyclic) bond motifs is 1. The quantitative estimate of drug-likeness (QED) is 0.638. The van der Waals surface area contributed by atoms with Crippen LogP contribution in [0.15, 0.2) is 30.5 Å². The fourth-order valence-electron chi connectivity index (χ4n) is 1.93. The van der Waals surface area contributed by atoms with Gasteiger partial charge >= 0.3 is 0 Å². The number of benzene rings is 1. The molecule has 17 heavy (non-hydrogen) atoms. The number of thiazole rings is 1. The minimum atomic E-state index is -0.205. The number of halogens is 1. The lowest BCUT2D eigenvalue weighted by Gasteiger charge is -1.99. The molecule has 0 unspecified atom stereocenters. The largest absolute Gasteiger partial charge is 0.294 e. The summed E-state index contributed by atoms with van der Waals surface area (Å²) in [5.74, 6) is -0.205. The second-order valence-corrected chi connectivity index (χ2v) is 5.04. The summed E-state index contributed by atoms with van der Waals surface area (Å²) < 4.78 is 15.0. The van der Waals surface area contributed by atoms with Gasteiger partial charge in [-0.25, -0.2) is 9.37 Å². The average molecular weight is 246 g/mol. The van der Waals surface area contributed by atoms with Crippen molar-refractivity contribution in [3.63, 3.8) is 0 Å². The van der Waals surface area contributed by atoms with E-state index in [0.717, 1.165) is 26.8 Å². The third-order valence-electron chi connectivity index (χ3n) is 2.78. The fourth-order valence-corrected chi connectivity index (χ4v) is 3.09. The van der Waals surface area contributed by atoms with Crippen LogP contribution in [0.4, 0.5) is 4.39 Å². The molecule has 0 spiro atoms. The predicted molar refractivity (Wildman–Crippen MR) is 67.9 cm³/mol. The number of aryl methyl sites for hydroxylation is 2. The van der Waals surface area contributed by atoms with Gasteiger partial charge in [0.2, 0.25) is 0 Å². The van der Waals surface area contributed by atoms with Crippen molar-refractivity contribution >= 4 is 16.3 Å². The zero-order valence-electron chi connectivity index (χ0n) is 9.57. The van der Waals surface area contributed by atoms with Crippen molar-refractivity contribution < 1.29 is 4.39 Å². The van der Waals surface area contributed by atoms with E-state index in [9.17, 15) is 4.39 Å². The fraction of sp³-hybridized carbons (Fsp3) is 0.154. The zero-order chi connectivity index (χ0) is 12.0. The molecule has 0 aliphatic heterocycles. The van der Waals surface area contributed by atoms with Crippen LogP contribution < -0.4 is 0 Å². The molecule has 0 saturated carbocycles.